The lowest BCUT2D eigenvalue weighted by atomic mass is 10.2. The molecule has 0 atom stereocenters. The molecule has 0 fully saturated rings. The molecule has 0 radical (unpaired) electrons. The van der Waals surface area contributed by atoms with Gasteiger partial charge >= 0.3 is 0 Å². The van der Waals surface area contributed by atoms with Crippen molar-refractivity contribution in [1.29, 1.82) is 0 Å². The average Bonchev–Trinajstić information content (AvgIpc) is 2.53. The smallest absolute Gasteiger partial charge is 0.259 e. The first kappa shape index (κ1) is 20.0. The summed E-state index contributed by atoms with van der Waals surface area (Å²) in [6.07, 6.45) is 1.55. The number of rotatable bonds is 7. The zero-order valence-corrected chi connectivity index (χ0v) is 15.6. The van der Waals surface area contributed by atoms with Crippen molar-refractivity contribution in [2.45, 2.75) is 6.92 Å². The summed E-state index contributed by atoms with van der Waals surface area (Å²) in [6, 6.07) is 3.38. The minimum Gasteiger partial charge on any atom is -0.490 e. The van der Waals surface area contributed by atoms with E-state index in [2.05, 4.69) is 15.8 Å². The van der Waals surface area contributed by atoms with Gasteiger partial charge in [-0.05, 0) is 36.8 Å². The van der Waals surface area contributed by atoms with Gasteiger partial charge in [-0.1, -0.05) is 11.6 Å². The van der Waals surface area contributed by atoms with E-state index in [0.717, 1.165) is 0 Å². The molecule has 0 unspecified atom stereocenters. The summed E-state index contributed by atoms with van der Waals surface area (Å²) in [4.78, 5) is 13.1. The van der Waals surface area contributed by atoms with Crippen molar-refractivity contribution in [1.82, 2.24) is 15.6 Å². The minimum absolute atomic E-state index is 0.127. The van der Waals surface area contributed by atoms with Crippen molar-refractivity contribution >= 4 is 41.1 Å². The molecular formula is C15H21ClN4O3S. The maximum atomic E-state index is 11.7. The predicted molar refractivity (Wildman–Crippen MR) is 99.2 cm³/mol. The molecule has 0 saturated heterocycles. The van der Waals surface area contributed by atoms with Gasteiger partial charge in [-0.15, -0.1) is 0 Å². The molecule has 7 nitrogen and oxygen atoms in total. The Morgan fingerprint density at radius 2 is 2.12 bits per heavy atom. The lowest BCUT2D eigenvalue weighted by Crippen LogP contribution is -2.28. The lowest BCUT2D eigenvalue weighted by Gasteiger charge is -2.16. The molecule has 0 aliphatic heterocycles. The van der Waals surface area contributed by atoms with Gasteiger partial charge in [0.2, 0.25) is 0 Å². The van der Waals surface area contributed by atoms with Gasteiger partial charge in [0.25, 0.3) is 5.91 Å². The second-order valence-corrected chi connectivity index (χ2v) is 5.60. The van der Waals surface area contributed by atoms with Gasteiger partial charge in [-0.3, -0.25) is 10.2 Å². The quantitative estimate of drug-likeness (QED) is 0.430. The number of hydrogen-bond donors (Lipinski definition) is 2. The van der Waals surface area contributed by atoms with Gasteiger partial charge in [0.05, 0.1) is 17.8 Å². The molecule has 0 aliphatic rings. The molecule has 1 aromatic rings. The van der Waals surface area contributed by atoms with E-state index in [4.69, 9.17) is 33.3 Å². The number of nitrogens with one attached hydrogen (secondary N) is 2. The van der Waals surface area contributed by atoms with E-state index in [1.165, 1.54) is 4.90 Å². The van der Waals surface area contributed by atoms with Gasteiger partial charge < -0.3 is 19.7 Å². The third-order valence-corrected chi connectivity index (χ3v) is 3.35. The van der Waals surface area contributed by atoms with Crippen molar-refractivity contribution in [3.8, 4) is 11.5 Å². The Kier molecular flexibility index (Phi) is 8.28. The summed E-state index contributed by atoms with van der Waals surface area (Å²) in [5, 5.41) is 7.44. The number of hydrogen-bond acceptors (Lipinski definition) is 5. The largest absolute Gasteiger partial charge is 0.490 e. The fourth-order valence-corrected chi connectivity index (χ4v) is 1.88. The number of likely N-dealkylation sites (N-methyl/N-ethyl adjacent to an activating group) is 1. The van der Waals surface area contributed by atoms with E-state index in [1.54, 1.807) is 39.5 Å². The van der Waals surface area contributed by atoms with Crippen LogP contribution in [0.2, 0.25) is 5.02 Å². The number of carbonyl (C=O) groups is 1. The third kappa shape index (κ3) is 6.21. The first-order valence-electron chi connectivity index (χ1n) is 7.19. The molecule has 2 N–H and O–H groups in total. The number of amides is 1. The highest BCUT2D eigenvalue weighted by atomic mass is 35.5. The molecule has 1 rings (SSSR count). The third-order valence-electron chi connectivity index (χ3n) is 2.78. The van der Waals surface area contributed by atoms with Gasteiger partial charge in [-0.25, -0.2) is 0 Å². The zero-order chi connectivity index (χ0) is 18.1. The second-order valence-electron chi connectivity index (χ2n) is 4.79. The predicted octanol–water partition coefficient (Wildman–Crippen LogP) is 1.63. The molecule has 24 heavy (non-hydrogen) atoms. The maximum absolute atomic E-state index is 11.7. The highest BCUT2D eigenvalue weighted by molar-refractivity contribution is 7.80. The Morgan fingerprint density at radius 3 is 2.71 bits per heavy atom. The molecule has 1 aromatic carbocycles. The van der Waals surface area contributed by atoms with Gasteiger partial charge in [-0.2, -0.15) is 5.10 Å². The Morgan fingerprint density at radius 1 is 1.42 bits per heavy atom. The Bertz CT molecular complexity index is 623. The van der Waals surface area contributed by atoms with Gasteiger partial charge in [0.1, 0.15) is 0 Å². The molecule has 0 heterocycles. The van der Waals surface area contributed by atoms with E-state index >= 15 is 0 Å². The first-order chi connectivity index (χ1) is 11.4. The molecule has 0 aromatic heterocycles. The van der Waals surface area contributed by atoms with Crippen molar-refractivity contribution in [2.75, 3.05) is 34.4 Å². The van der Waals surface area contributed by atoms with E-state index in [0.29, 0.717) is 33.8 Å². The molecule has 132 valence electrons. The highest BCUT2D eigenvalue weighted by Crippen LogP contribution is 2.36. The number of hydrazone groups is 1. The van der Waals surface area contributed by atoms with Crippen LogP contribution in [0.5, 0.6) is 11.5 Å². The van der Waals surface area contributed by atoms with Crippen LogP contribution in [-0.2, 0) is 4.79 Å². The van der Waals surface area contributed by atoms with Crippen molar-refractivity contribution < 1.29 is 14.3 Å². The number of carbonyl (C=O) groups excluding carboxylic acids is 1. The number of nitrogens with zero attached hydrogens (tertiary/aromatic N) is 2. The van der Waals surface area contributed by atoms with Crippen LogP contribution in [0.4, 0.5) is 0 Å². The number of benzene rings is 1. The summed E-state index contributed by atoms with van der Waals surface area (Å²) in [5.41, 5.74) is 3.34. The fourth-order valence-electron chi connectivity index (χ4n) is 1.55. The monoisotopic (exact) mass is 372 g/mol. The molecule has 0 bridgehead atoms. The number of ether oxygens (including phenoxy) is 2. The highest BCUT2D eigenvalue weighted by Gasteiger charge is 2.14. The number of halogens is 1. The summed E-state index contributed by atoms with van der Waals surface area (Å²) in [6.45, 7) is 2.14. The summed E-state index contributed by atoms with van der Waals surface area (Å²) >= 11 is 11.2. The van der Waals surface area contributed by atoms with Gasteiger partial charge in [0.15, 0.2) is 23.2 Å². The van der Waals surface area contributed by atoms with E-state index in [1.807, 2.05) is 6.92 Å². The fraction of sp³-hybridized carbons (Fsp3) is 0.400. The van der Waals surface area contributed by atoms with Crippen LogP contribution >= 0.6 is 23.8 Å². The van der Waals surface area contributed by atoms with Crippen LogP contribution in [0.1, 0.15) is 12.5 Å². The van der Waals surface area contributed by atoms with Crippen molar-refractivity contribution in [3.05, 3.63) is 22.7 Å². The van der Waals surface area contributed by atoms with Crippen LogP contribution < -0.4 is 20.2 Å². The minimum atomic E-state index is -0.177. The molecule has 0 saturated carbocycles. The standard InChI is InChI=1S/C15H21ClN4O3S/c1-5-22-12-7-10(8-18-19-15(24)17-2)6-11(16)14(12)23-9-13(21)20(3)4/h6-8H,5,9H2,1-4H3,(H2,17,19,24)/b18-8-. The molecule has 0 aliphatic carbocycles. The summed E-state index contributed by atoms with van der Waals surface area (Å²) < 4.78 is 11.1. The Hall–Kier alpha value is -2.06. The van der Waals surface area contributed by atoms with Crippen LogP contribution in [0.25, 0.3) is 0 Å². The molecule has 1 amide bonds. The normalized spacial score (nSPS) is 10.4. The SMILES string of the molecule is CCOc1cc(/C=N\NC(=S)NC)cc(Cl)c1OCC(=O)N(C)C. The van der Waals surface area contributed by atoms with E-state index in [9.17, 15) is 4.79 Å². The van der Waals surface area contributed by atoms with Crippen LogP contribution in [-0.4, -0.2) is 56.5 Å². The van der Waals surface area contributed by atoms with Gasteiger partial charge in [0, 0.05) is 21.1 Å². The first-order valence-corrected chi connectivity index (χ1v) is 7.97. The van der Waals surface area contributed by atoms with Crippen LogP contribution in [0.3, 0.4) is 0 Å². The molecular weight excluding hydrogens is 352 g/mol. The summed E-state index contributed by atoms with van der Waals surface area (Å²) in [7, 11) is 4.99. The molecule has 9 heteroatoms. The average molecular weight is 373 g/mol. The second kappa shape index (κ2) is 9.94. The zero-order valence-electron chi connectivity index (χ0n) is 14.1. The van der Waals surface area contributed by atoms with E-state index in [-0.39, 0.29) is 12.5 Å². The lowest BCUT2D eigenvalue weighted by molar-refractivity contribution is -0.130. The Labute approximate surface area is 151 Å². The van der Waals surface area contributed by atoms with Crippen molar-refractivity contribution in [3.63, 3.8) is 0 Å². The van der Waals surface area contributed by atoms with E-state index < -0.39 is 0 Å². The van der Waals surface area contributed by atoms with Crippen molar-refractivity contribution in [2.24, 2.45) is 5.10 Å². The topological polar surface area (TPSA) is 75.2 Å². The summed E-state index contributed by atoms with van der Waals surface area (Å²) in [5.74, 6) is 0.586. The Balaban J connectivity index is 2.96. The van der Waals surface area contributed by atoms with Crippen LogP contribution in [0.15, 0.2) is 17.2 Å². The van der Waals surface area contributed by atoms with Crippen LogP contribution in [0, 0.1) is 0 Å². The number of thiocarbonyl (C=S) groups is 1. The maximum Gasteiger partial charge on any atom is 0.259 e. The molecule has 0 spiro atoms.